The number of phosphoric ester groups is 1. The fourth-order valence-corrected chi connectivity index (χ4v) is 4.06. The summed E-state index contributed by atoms with van der Waals surface area (Å²) in [4.78, 5) is 32.2. The summed E-state index contributed by atoms with van der Waals surface area (Å²) in [5, 5.41) is 8.71. The Morgan fingerprint density at radius 1 is 0.800 bits per heavy atom. The zero-order valence-corrected chi connectivity index (χ0v) is 22.6. The molecule has 0 aliphatic heterocycles. The molecule has 0 saturated heterocycles. The smallest absolute Gasteiger partial charge is 0.472 e. The lowest BCUT2D eigenvalue weighted by atomic mass is 10.1. The second-order valence-electron chi connectivity index (χ2n) is 8.83. The summed E-state index contributed by atoms with van der Waals surface area (Å²) in [6.07, 6.45) is 14.8. The number of carboxylic acid groups (broad SMARTS) is 1. The minimum absolute atomic E-state index is 0.0160. The van der Waals surface area contributed by atoms with Crippen molar-refractivity contribution in [2.45, 2.75) is 116 Å². The zero-order chi connectivity index (χ0) is 26.4. The molecule has 0 fully saturated rings. The van der Waals surface area contributed by atoms with Crippen LogP contribution in [0.2, 0.25) is 0 Å². The van der Waals surface area contributed by atoms with E-state index in [1.165, 1.54) is 57.8 Å². The average molecular weight is 526 g/mol. The molecule has 0 aromatic heterocycles. The number of aliphatic carboxylic acids is 1. The highest BCUT2D eigenvalue weighted by Gasteiger charge is 2.27. The van der Waals surface area contributed by atoms with Gasteiger partial charge >= 0.3 is 19.8 Å². The molecule has 0 spiro atoms. The molecular formula is C24H48NO9P. The molecule has 208 valence electrons. The van der Waals surface area contributed by atoms with Crippen molar-refractivity contribution < 1.29 is 42.7 Å². The van der Waals surface area contributed by atoms with Crippen LogP contribution in [-0.2, 0) is 32.7 Å². The van der Waals surface area contributed by atoms with E-state index in [2.05, 4.69) is 11.4 Å². The van der Waals surface area contributed by atoms with E-state index in [1.54, 1.807) is 0 Å². The van der Waals surface area contributed by atoms with Crippen LogP contribution in [0.3, 0.4) is 0 Å². The Morgan fingerprint density at radius 2 is 1.31 bits per heavy atom. The summed E-state index contributed by atoms with van der Waals surface area (Å²) in [6, 6.07) is -1.46. The van der Waals surface area contributed by atoms with Gasteiger partial charge in [-0.05, 0) is 12.8 Å². The van der Waals surface area contributed by atoms with Gasteiger partial charge in [0, 0.05) is 13.0 Å². The van der Waals surface area contributed by atoms with E-state index in [1.807, 2.05) is 6.92 Å². The minimum Gasteiger partial charge on any atom is -0.480 e. The Labute approximate surface area is 210 Å². The first kappa shape index (κ1) is 34.0. The molecule has 0 aliphatic rings. The van der Waals surface area contributed by atoms with Crippen LogP contribution in [0.1, 0.15) is 104 Å². The number of unbranched alkanes of at least 4 members (excludes halogenated alkanes) is 11. The summed E-state index contributed by atoms with van der Waals surface area (Å²) < 4.78 is 32.2. The van der Waals surface area contributed by atoms with Crippen molar-refractivity contribution in [1.29, 1.82) is 0 Å². The van der Waals surface area contributed by atoms with Gasteiger partial charge < -0.3 is 25.2 Å². The summed E-state index contributed by atoms with van der Waals surface area (Å²) in [6.45, 7) is 3.44. The monoisotopic (exact) mass is 525 g/mol. The fourth-order valence-electron chi connectivity index (χ4n) is 3.29. The van der Waals surface area contributed by atoms with Gasteiger partial charge in [-0.3, -0.25) is 18.6 Å². The number of hydrogen-bond donors (Lipinski definition) is 3. The lowest BCUT2D eigenvalue weighted by Crippen LogP contribution is -2.34. The summed E-state index contributed by atoms with van der Waals surface area (Å²) in [7, 11) is -4.56. The van der Waals surface area contributed by atoms with E-state index in [4.69, 9.17) is 24.8 Å². The molecule has 1 unspecified atom stereocenters. The Morgan fingerprint density at radius 3 is 1.83 bits per heavy atom. The highest BCUT2D eigenvalue weighted by molar-refractivity contribution is 7.47. The van der Waals surface area contributed by atoms with Crippen molar-refractivity contribution >= 4 is 19.8 Å². The van der Waals surface area contributed by atoms with E-state index < -0.39 is 45.1 Å². The second kappa shape index (κ2) is 22.2. The van der Waals surface area contributed by atoms with Gasteiger partial charge in [-0.15, -0.1) is 0 Å². The summed E-state index contributed by atoms with van der Waals surface area (Å²) in [5.41, 5.74) is 5.24. The molecule has 0 rings (SSSR count). The van der Waals surface area contributed by atoms with Gasteiger partial charge in [-0.1, -0.05) is 84.5 Å². The lowest BCUT2D eigenvalue weighted by molar-refractivity contribution is -0.154. The Bertz CT molecular complexity index is 591. The van der Waals surface area contributed by atoms with Crippen LogP contribution in [0.4, 0.5) is 0 Å². The standard InChI is InChI=1S/C24H48NO9P/c1-3-5-6-7-8-9-10-11-12-13-14-15-17-31-18-21(34-23(26)16-4-2)19-32-35(29,30)33-20-22(25)24(27)28/h21-22H,3-20,25H2,1-2H3,(H,27,28)(H,29,30)/t21-,22+/m1/s1. The van der Waals surface area contributed by atoms with Crippen molar-refractivity contribution in [1.82, 2.24) is 0 Å². The number of nitrogens with two attached hydrogens (primary N) is 1. The van der Waals surface area contributed by atoms with E-state index >= 15 is 0 Å². The van der Waals surface area contributed by atoms with Crippen LogP contribution in [0.25, 0.3) is 0 Å². The summed E-state index contributed by atoms with van der Waals surface area (Å²) in [5.74, 6) is -1.83. The molecule has 3 atom stereocenters. The molecule has 0 amide bonds. The largest absolute Gasteiger partial charge is 0.480 e. The number of phosphoric acid groups is 1. The van der Waals surface area contributed by atoms with Crippen molar-refractivity contribution in [3.8, 4) is 0 Å². The highest BCUT2D eigenvalue weighted by Crippen LogP contribution is 2.43. The van der Waals surface area contributed by atoms with Gasteiger partial charge in [-0.25, -0.2) is 4.57 Å². The SMILES string of the molecule is CCCCCCCCCCCCCCOC[C@H](COP(=O)(O)OC[C@H](N)C(=O)O)OC(=O)CCC. The molecule has 0 heterocycles. The van der Waals surface area contributed by atoms with Gasteiger partial charge in [0.15, 0.2) is 0 Å². The molecule has 4 N–H and O–H groups in total. The van der Waals surface area contributed by atoms with Crippen molar-refractivity contribution in [3.05, 3.63) is 0 Å². The number of hydrogen-bond acceptors (Lipinski definition) is 8. The molecule has 0 aliphatic carbocycles. The number of carbonyl (C=O) groups is 2. The predicted octanol–water partition coefficient (Wildman–Crippen LogP) is 4.96. The van der Waals surface area contributed by atoms with E-state index in [0.717, 1.165) is 19.3 Å². The van der Waals surface area contributed by atoms with E-state index in [9.17, 15) is 19.0 Å². The third kappa shape index (κ3) is 21.9. The maximum atomic E-state index is 11.9. The third-order valence-corrected chi connectivity index (χ3v) is 6.31. The van der Waals surface area contributed by atoms with E-state index in [-0.39, 0.29) is 13.0 Å². The normalized spacial score (nSPS) is 14.9. The number of carbonyl (C=O) groups excluding carboxylic acids is 1. The van der Waals surface area contributed by atoms with Crippen LogP contribution < -0.4 is 5.73 Å². The minimum atomic E-state index is -4.56. The van der Waals surface area contributed by atoms with Crippen molar-refractivity contribution in [2.75, 3.05) is 26.4 Å². The highest BCUT2D eigenvalue weighted by atomic mass is 31.2. The van der Waals surface area contributed by atoms with Gasteiger partial charge in [0.2, 0.25) is 0 Å². The van der Waals surface area contributed by atoms with Gasteiger partial charge in [-0.2, -0.15) is 0 Å². The molecule has 0 aromatic rings. The third-order valence-electron chi connectivity index (χ3n) is 5.36. The zero-order valence-electron chi connectivity index (χ0n) is 21.7. The second-order valence-corrected chi connectivity index (χ2v) is 10.3. The first-order valence-corrected chi connectivity index (χ1v) is 14.6. The van der Waals surface area contributed by atoms with Crippen LogP contribution in [0.5, 0.6) is 0 Å². The molecule has 0 aromatic carbocycles. The van der Waals surface area contributed by atoms with Gasteiger partial charge in [0.1, 0.15) is 12.1 Å². The maximum absolute atomic E-state index is 11.9. The maximum Gasteiger partial charge on any atom is 0.472 e. The lowest BCUT2D eigenvalue weighted by Gasteiger charge is -2.20. The average Bonchev–Trinajstić information content (AvgIpc) is 2.81. The Kier molecular flexibility index (Phi) is 21.5. The first-order chi connectivity index (χ1) is 16.7. The molecule has 35 heavy (non-hydrogen) atoms. The number of ether oxygens (including phenoxy) is 2. The predicted molar refractivity (Wildman–Crippen MR) is 134 cm³/mol. The molecule has 0 saturated carbocycles. The quantitative estimate of drug-likeness (QED) is 0.0846. The van der Waals surface area contributed by atoms with E-state index in [0.29, 0.717) is 13.0 Å². The topological polar surface area (TPSA) is 155 Å². The molecule has 0 bridgehead atoms. The Hall–Kier alpha value is -1.03. The Balaban J connectivity index is 4.08. The number of carboxylic acids is 1. The first-order valence-electron chi connectivity index (χ1n) is 13.1. The van der Waals surface area contributed by atoms with Crippen LogP contribution in [0.15, 0.2) is 0 Å². The fraction of sp³-hybridized carbons (Fsp3) is 0.917. The molecular weight excluding hydrogens is 477 g/mol. The van der Waals surface area contributed by atoms with Gasteiger partial charge in [0.25, 0.3) is 0 Å². The van der Waals surface area contributed by atoms with Crippen LogP contribution in [0, 0.1) is 0 Å². The van der Waals surface area contributed by atoms with Crippen molar-refractivity contribution in [2.24, 2.45) is 5.73 Å². The molecule has 11 heteroatoms. The van der Waals surface area contributed by atoms with Crippen molar-refractivity contribution in [3.63, 3.8) is 0 Å². The molecule has 10 nitrogen and oxygen atoms in total. The number of rotatable bonds is 25. The van der Waals surface area contributed by atoms with Crippen LogP contribution in [-0.4, -0.2) is 60.5 Å². The van der Waals surface area contributed by atoms with Gasteiger partial charge in [0.05, 0.1) is 19.8 Å². The summed E-state index contributed by atoms with van der Waals surface area (Å²) >= 11 is 0. The number of esters is 1. The van der Waals surface area contributed by atoms with Crippen LogP contribution >= 0.6 is 7.82 Å². The molecule has 0 radical (unpaired) electrons.